The van der Waals surface area contributed by atoms with Gasteiger partial charge in [0, 0.05) is 0 Å². The van der Waals surface area contributed by atoms with Gasteiger partial charge in [-0.15, -0.1) is 0 Å². The number of ether oxygens (including phenoxy) is 2. The molecule has 132 valence electrons. The fourth-order valence-corrected chi connectivity index (χ4v) is 2.31. The number of carbonyl (C=O) groups is 2. The summed E-state index contributed by atoms with van der Waals surface area (Å²) in [6.07, 6.45) is 0.883. The molecule has 0 saturated heterocycles. The van der Waals surface area contributed by atoms with Crippen molar-refractivity contribution in [1.29, 1.82) is 0 Å². The van der Waals surface area contributed by atoms with E-state index in [-0.39, 0.29) is 0 Å². The van der Waals surface area contributed by atoms with Gasteiger partial charge < -0.3 is 20.1 Å². The highest BCUT2D eigenvalue weighted by Gasteiger charge is 2.12. The van der Waals surface area contributed by atoms with Crippen LogP contribution in [0, 0.1) is 0 Å². The average Bonchev–Trinajstić information content (AvgIpc) is 2.65. The van der Waals surface area contributed by atoms with E-state index < -0.39 is 12.0 Å². The molecule has 2 N–H and O–H groups in total. The highest BCUT2D eigenvalue weighted by molar-refractivity contribution is 6.00. The van der Waals surface area contributed by atoms with Crippen molar-refractivity contribution in [3.8, 4) is 5.75 Å². The zero-order valence-electron chi connectivity index (χ0n) is 14.4. The Morgan fingerprint density at radius 1 is 1.04 bits per heavy atom. The molecule has 2 amide bonds. The van der Waals surface area contributed by atoms with Crippen LogP contribution in [-0.2, 0) is 11.2 Å². The summed E-state index contributed by atoms with van der Waals surface area (Å²) in [6, 6.07) is 14.1. The number of urea groups is 1. The lowest BCUT2D eigenvalue weighted by atomic mass is 10.1. The molecule has 25 heavy (non-hydrogen) atoms. The molecule has 0 unspecified atom stereocenters. The van der Waals surface area contributed by atoms with Crippen LogP contribution in [0.3, 0.4) is 0 Å². The zero-order chi connectivity index (χ0) is 18.1. The molecule has 0 heterocycles. The van der Waals surface area contributed by atoms with E-state index in [9.17, 15) is 9.59 Å². The molecule has 0 aliphatic heterocycles. The predicted octanol–water partition coefficient (Wildman–Crippen LogP) is 3.24. The van der Waals surface area contributed by atoms with E-state index in [0.717, 1.165) is 17.7 Å². The lowest BCUT2D eigenvalue weighted by molar-refractivity contribution is 0.0602. The Labute approximate surface area is 147 Å². The first-order chi connectivity index (χ1) is 12.2. The Kier molecular flexibility index (Phi) is 6.83. The van der Waals surface area contributed by atoms with Gasteiger partial charge in [-0.2, -0.15) is 0 Å². The highest BCUT2D eigenvalue weighted by Crippen LogP contribution is 2.18. The maximum Gasteiger partial charge on any atom is 0.339 e. The molecule has 0 atom stereocenters. The van der Waals surface area contributed by atoms with Crippen LogP contribution >= 0.6 is 0 Å². The lowest BCUT2D eigenvalue weighted by Crippen LogP contribution is -2.32. The Morgan fingerprint density at radius 3 is 2.52 bits per heavy atom. The van der Waals surface area contributed by atoms with Crippen LogP contribution in [0.5, 0.6) is 5.75 Å². The average molecular weight is 342 g/mol. The smallest absolute Gasteiger partial charge is 0.339 e. The number of methoxy groups -OCH3 is 1. The summed E-state index contributed by atoms with van der Waals surface area (Å²) in [7, 11) is 1.30. The number of para-hydroxylation sites is 2. The maximum atomic E-state index is 12.0. The van der Waals surface area contributed by atoms with Crippen LogP contribution in [0.15, 0.2) is 48.5 Å². The van der Waals surface area contributed by atoms with E-state index in [4.69, 9.17) is 9.47 Å². The number of amides is 2. The van der Waals surface area contributed by atoms with Gasteiger partial charge in [-0.05, 0) is 30.2 Å². The molecule has 6 heteroatoms. The van der Waals surface area contributed by atoms with Crippen molar-refractivity contribution in [2.45, 2.75) is 13.3 Å². The molecule has 2 rings (SSSR count). The van der Waals surface area contributed by atoms with E-state index in [1.54, 1.807) is 24.3 Å². The van der Waals surface area contributed by atoms with Crippen molar-refractivity contribution >= 4 is 17.7 Å². The summed E-state index contributed by atoms with van der Waals surface area (Å²) in [4.78, 5) is 23.7. The van der Waals surface area contributed by atoms with Gasteiger partial charge in [0.05, 0.1) is 24.9 Å². The third-order valence-corrected chi connectivity index (χ3v) is 3.58. The second-order valence-electron chi connectivity index (χ2n) is 5.23. The molecule has 6 nitrogen and oxygen atoms in total. The minimum Gasteiger partial charge on any atom is -0.491 e. The molecule has 0 saturated carbocycles. The van der Waals surface area contributed by atoms with E-state index in [1.165, 1.54) is 7.11 Å². The molecule has 0 fully saturated rings. The highest BCUT2D eigenvalue weighted by atomic mass is 16.5. The second kappa shape index (κ2) is 9.32. The van der Waals surface area contributed by atoms with Crippen LogP contribution in [0.2, 0.25) is 0 Å². The molecule has 0 spiro atoms. The van der Waals surface area contributed by atoms with Gasteiger partial charge >= 0.3 is 12.0 Å². The molecule has 0 radical (unpaired) electrons. The number of benzene rings is 2. The monoisotopic (exact) mass is 342 g/mol. The van der Waals surface area contributed by atoms with Crippen LogP contribution in [0.1, 0.15) is 22.8 Å². The Morgan fingerprint density at radius 2 is 1.76 bits per heavy atom. The second-order valence-corrected chi connectivity index (χ2v) is 5.23. The number of nitrogens with one attached hydrogen (secondary N) is 2. The predicted molar refractivity (Wildman–Crippen MR) is 96.1 cm³/mol. The van der Waals surface area contributed by atoms with Crippen LogP contribution in [0.4, 0.5) is 10.5 Å². The van der Waals surface area contributed by atoms with E-state index in [2.05, 4.69) is 17.6 Å². The third-order valence-electron chi connectivity index (χ3n) is 3.58. The molecular formula is C19H22N2O4. The largest absolute Gasteiger partial charge is 0.491 e. The quantitative estimate of drug-likeness (QED) is 0.598. The molecule has 0 aliphatic carbocycles. The first kappa shape index (κ1) is 18.3. The van der Waals surface area contributed by atoms with Crippen molar-refractivity contribution in [1.82, 2.24) is 5.32 Å². The summed E-state index contributed by atoms with van der Waals surface area (Å²) in [5.41, 5.74) is 1.82. The van der Waals surface area contributed by atoms with Crippen molar-refractivity contribution in [2.75, 3.05) is 25.6 Å². The summed E-state index contributed by atoms with van der Waals surface area (Å²) < 4.78 is 10.4. The van der Waals surface area contributed by atoms with Gasteiger partial charge in [-0.3, -0.25) is 0 Å². The zero-order valence-corrected chi connectivity index (χ0v) is 14.4. The van der Waals surface area contributed by atoms with Gasteiger partial charge in [-0.1, -0.05) is 37.3 Å². The number of aryl methyl sites for hydroxylation is 1. The van der Waals surface area contributed by atoms with Crippen molar-refractivity contribution in [3.05, 3.63) is 59.7 Å². The summed E-state index contributed by atoms with van der Waals surface area (Å²) in [5, 5.41) is 5.34. The fourth-order valence-electron chi connectivity index (χ4n) is 2.31. The number of hydrogen-bond donors (Lipinski definition) is 2. The molecule has 2 aromatic carbocycles. The van der Waals surface area contributed by atoms with E-state index >= 15 is 0 Å². The molecule has 2 aromatic rings. The first-order valence-electron chi connectivity index (χ1n) is 8.08. The standard InChI is InChI=1S/C19H22N2O4/c1-3-14-8-4-7-11-17(14)25-13-12-20-19(23)21-16-10-6-5-9-15(16)18(22)24-2/h4-11H,3,12-13H2,1-2H3,(H2,20,21,23). The minimum atomic E-state index is -0.504. The minimum absolute atomic E-state index is 0.299. The number of rotatable bonds is 7. The molecule has 0 aliphatic rings. The number of esters is 1. The molecule has 0 aromatic heterocycles. The van der Waals surface area contributed by atoms with Crippen LogP contribution in [0.25, 0.3) is 0 Å². The van der Waals surface area contributed by atoms with Crippen molar-refractivity contribution < 1.29 is 19.1 Å². The topological polar surface area (TPSA) is 76.7 Å². The summed E-state index contributed by atoms with van der Waals surface area (Å²) in [5.74, 6) is 0.318. The summed E-state index contributed by atoms with van der Waals surface area (Å²) >= 11 is 0. The SMILES string of the molecule is CCc1ccccc1OCCNC(=O)Nc1ccccc1C(=O)OC. The normalized spacial score (nSPS) is 10.0. The third kappa shape index (κ3) is 5.24. The van der Waals surface area contributed by atoms with Gasteiger partial charge in [0.25, 0.3) is 0 Å². The Hall–Kier alpha value is -3.02. The van der Waals surface area contributed by atoms with Gasteiger partial charge in [0.15, 0.2) is 0 Å². The fraction of sp³-hybridized carbons (Fsp3) is 0.263. The number of carbonyl (C=O) groups excluding carboxylic acids is 2. The van der Waals surface area contributed by atoms with Gasteiger partial charge in [0.2, 0.25) is 0 Å². The Bertz CT molecular complexity index is 731. The van der Waals surface area contributed by atoms with Gasteiger partial charge in [-0.25, -0.2) is 9.59 Å². The van der Waals surface area contributed by atoms with Gasteiger partial charge in [0.1, 0.15) is 12.4 Å². The number of hydrogen-bond acceptors (Lipinski definition) is 4. The summed E-state index contributed by atoms with van der Waals surface area (Å²) in [6.45, 7) is 2.75. The van der Waals surface area contributed by atoms with Crippen molar-refractivity contribution in [2.24, 2.45) is 0 Å². The van der Waals surface area contributed by atoms with E-state index in [0.29, 0.717) is 24.4 Å². The van der Waals surface area contributed by atoms with Crippen LogP contribution < -0.4 is 15.4 Å². The molecule has 0 bridgehead atoms. The molecular weight excluding hydrogens is 320 g/mol. The number of anilines is 1. The van der Waals surface area contributed by atoms with Crippen molar-refractivity contribution in [3.63, 3.8) is 0 Å². The van der Waals surface area contributed by atoms with E-state index in [1.807, 2.05) is 24.3 Å². The first-order valence-corrected chi connectivity index (χ1v) is 8.08. The lowest BCUT2D eigenvalue weighted by Gasteiger charge is -2.12. The maximum absolute atomic E-state index is 12.0. The Balaban J connectivity index is 1.83. The van der Waals surface area contributed by atoms with Crippen LogP contribution in [-0.4, -0.2) is 32.3 Å².